The molecule has 1 aromatic heterocycles. The molecule has 0 atom stereocenters. The van der Waals surface area contributed by atoms with E-state index >= 15 is 0 Å². The van der Waals surface area contributed by atoms with Crippen molar-refractivity contribution in [2.24, 2.45) is 0 Å². The molecule has 0 amide bonds. The third kappa shape index (κ3) is 2.03. The summed E-state index contributed by atoms with van der Waals surface area (Å²) in [7, 11) is 0. The van der Waals surface area contributed by atoms with E-state index in [2.05, 4.69) is 15.0 Å². The van der Waals surface area contributed by atoms with Gasteiger partial charge in [0.1, 0.15) is 0 Å². The number of rotatable bonds is 0. The van der Waals surface area contributed by atoms with Gasteiger partial charge in [0.15, 0.2) is 0 Å². The molecule has 1 heterocycles. The summed E-state index contributed by atoms with van der Waals surface area (Å²) in [6.45, 7) is 0. The van der Waals surface area contributed by atoms with Crippen LogP contribution in [0.5, 0.6) is 0 Å². The first-order chi connectivity index (χ1) is 4.18. The Balaban J connectivity index is 0.000000810. The van der Waals surface area contributed by atoms with Crippen LogP contribution >= 0.6 is 0 Å². The van der Waals surface area contributed by atoms with Gasteiger partial charge in [-0.25, -0.2) is 0 Å². The first-order valence-electron chi connectivity index (χ1n) is 2.21. The average Bonchev–Trinajstić information content (AvgIpc) is 1.59. The number of hydrogen-bond acceptors (Lipinski definition) is 6. The van der Waals surface area contributed by atoms with Crippen molar-refractivity contribution < 1.29 is 16.8 Å². The zero-order chi connectivity index (χ0) is 6.85. The maximum absolute atomic E-state index is 5.14. The molecule has 0 aliphatic heterocycles. The van der Waals surface area contributed by atoms with Crippen molar-refractivity contribution in [1.82, 2.24) is 15.0 Å². The van der Waals surface area contributed by atoms with E-state index in [0.717, 1.165) is 0 Å². The van der Waals surface area contributed by atoms with Gasteiger partial charge in [-0.2, -0.15) is 15.0 Å². The van der Waals surface area contributed by atoms with Crippen LogP contribution in [0.25, 0.3) is 0 Å². The van der Waals surface area contributed by atoms with Gasteiger partial charge in [0.25, 0.3) is 0 Å². The van der Waals surface area contributed by atoms with Crippen molar-refractivity contribution in [2.75, 3.05) is 17.2 Å². The molecule has 0 aromatic carbocycles. The van der Waals surface area contributed by atoms with Crippen molar-refractivity contribution in [2.45, 2.75) is 0 Å². The van der Waals surface area contributed by atoms with Crippen LogP contribution in [0.15, 0.2) is 0 Å². The van der Waals surface area contributed by atoms with Gasteiger partial charge in [-0.05, 0) is 0 Å². The number of nitrogens with two attached hydrogens (primary N) is 3. The summed E-state index contributed by atoms with van der Waals surface area (Å²) < 4.78 is 0. The van der Waals surface area contributed by atoms with E-state index in [1.165, 1.54) is 0 Å². The Labute approximate surface area is 67.4 Å². The first kappa shape index (κ1) is 8.92. The average molecular weight is 185 g/mol. The third-order valence-electron chi connectivity index (χ3n) is 0.687. The van der Waals surface area contributed by atoms with Crippen molar-refractivity contribution in [3.63, 3.8) is 0 Å². The molecule has 1 aromatic rings. The van der Waals surface area contributed by atoms with Gasteiger partial charge in [0.2, 0.25) is 17.8 Å². The van der Waals surface area contributed by atoms with E-state index in [4.69, 9.17) is 17.2 Å². The molecule has 6 N–H and O–H groups in total. The zero-order valence-electron chi connectivity index (χ0n) is 4.91. The molecule has 0 saturated heterocycles. The summed E-state index contributed by atoms with van der Waals surface area (Å²) >= 11 is 0. The van der Waals surface area contributed by atoms with Gasteiger partial charge in [-0.15, -0.1) is 0 Å². The van der Waals surface area contributed by atoms with E-state index in [1.54, 1.807) is 0 Å². The van der Waals surface area contributed by atoms with Crippen molar-refractivity contribution in [1.29, 1.82) is 0 Å². The molecule has 0 aliphatic carbocycles. The SMILES string of the molecule is Nc1nc(N)nc(N)n1.[Co]. The number of anilines is 3. The molecule has 6 nitrogen and oxygen atoms in total. The summed E-state index contributed by atoms with van der Waals surface area (Å²) in [4.78, 5) is 10.5. The fraction of sp³-hybridized carbons (Fsp3) is 0. The summed E-state index contributed by atoms with van der Waals surface area (Å²) in [5.74, 6) is 0.125. The number of nitrogens with zero attached hydrogens (tertiary/aromatic N) is 3. The molecule has 0 saturated carbocycles. The minimum Gasteiger partial charge on any atom is -0.368 e. The van der Waals surface area contributed by atoms with E-state index < -0.39 is 0 Å². The Hall–Kier alpha value is -1.08. The van der Waals surface area contributed by atoms with E-state index in [9.17, 15) is 0 Å². The Morgan fingerprint density at radius 1 is 0.700 bits per heavy atom. The molecular formula is C3H6CoN6. The largest absolute Gasteiger partial charge is 0.368 e. The summed E-state index contributed by atoms with van der Waals surface area (Å²) in [5, 5.41) is 0. The van der Waals surface area contributed by atoms with Crippen LogP contribution in [0.2, 0.25) is 0 Å². The topological polar surface area (TPSA) is 117 Å². The number of aromatic nitrogens is 3. The van der Waals surface area contributed by atoms with Gasteiger partial charge in [-0.1, -0.05) is 0 Å². The van der Waals surface area contributed by atoms with Crippen molar-refractivity contribution in [3.05, 3.63) is 0 Å². The summed E-state index contributed by atoms with van der Waals surface area (Å²) in [6, 6.07) is 0. The molecule has 0 fully saturated rings. The van der Waals surface area contributed by atoms with Crippen LogP contribution in [0, 0.1) is 0 Å². The van der Waals surface area contributed by atoms with Crippen LogP contribution < -0.4 is 17.2 Å². The zero-order valence-corrected chi connectivity index (χ0v) is 5.95. The van der Waals surface area contributed by atoms with E-state index in [-0.39, 0.29) is 34.6 Å². The number of nitrogen functional groups attached to an aromatic ring is 3. The maximum atomic E-state index is 5.14. The van der Waals surface area contributed by atoms with Crippen LogP contribution in [-0.4, -0.2) is 15.0 Å². The van der Waals surface area contributed by atoms with Gasteiger partial charge >= 0.3 is 0 Å². The predicted octanol–water partition coefficient (Wildman–Crippen LogP) is -1.38. The second-order valence-corrected chi connectivity index (χ2v) is 1.41. The maximum Gasteiger partial charge on any atom is 0.226 e. The second-order valence-electron chi connectivity index (χ2n) is 1.41. The Kier molecular flexibility index (Phi) is 2.83. The molecule has 0 unspecified atom stereocenters. The quantitative estimate of drug-likeness (QED) is 0.458. The monoisotopic (exact) mass is 185 g/mol. The standard InChI is InChI=1S/C3H6N6.Co/c4-1-7-2(5)9-3(6)8-1;/h(H6,4,5,6,7,8,9);. The Bertz CT molecular complexity index is 174. The molecule has 57 valence electrons. The van der Waals surface area contributed by atoms with Crippen molar-refractivity contribution in [3.8, 4) is 0 Å². The van der Waals surface area contributed by atoms with Gasteiger partial charge < -0.3 is 17.2 Å². The molecule has 1 rings (SSSR count). The minimum absolute atomic E-state index is 0. The van der Waals surface area contributed by atoms with E-state index in [1.807, 2.05) is 0 Å². The van der Waals surface area contributed by atoms with Crippen LogP contribution in [-0.2, 0) is 16.8 Å². The summed E-state index contributed by atoms with van der Waals surface area (Å²) in [6.07, 6.45) is 0. The molecule has 1 radical (unpaired) electrons. The first-order valence-corrected chi connectivity index (χ1v) is 2.21. The van der Waals surface area contributed by atoms with Crippen molar-refractivity contribution >= 4 is 17.8 Å². The van der Waals surface area contributed by atoms with E-state index in [0.29, 0.717) is 0 Å². The Morgan fingerprint density at radius 3 is 1.10 bits per heavy atom. The molecule has 10 heavy (non-hydrogen) atoms. The fourth-order valence-corrected chi connectivity index (χ4v) is 0.427. The molecule has 0 aliphatic rings. The number of hydrogen-bond donors (Lipinski definition) is 3. The van der Waals surface area contributed by atoms with Gasteiger partial charge in [0.05, 0.1) is 0 Å². The third-order valence-corrected chi connectivity index (χ3v) is 0.687. The van der Waals surface area contributed by atoms with Gasteiger partial charge in [0, 0.05) is 16.8 Å². The normalized spacial score (nSPS) is 8.40. The molecule has 0 bridgehead atoms. The van der Waals surface area contributed by atoms with Crippen LogP contribution in [0.4, 0.5) is 17.8 Å². The minimum atomic E-state index is 0. The predicted molar refractivity (Wildman–Crippen MR) is 33.1 cm³/mol. The fourth-order valence-electron chi connectivity index (χ4n) is 0.427. The molecule has 0 spiro atoms. The van der Waals surface area contributed by atoms with Gasteiger partial charge in [-0.3, -0.25) is 0 Å². The summed E-state index contributed by atoms with van der Waals surface area (Å²) in [5.41, 5.74) is 15.4. The molecule has 7 heteroatoms. The van der Waals surface area contributed by atoms with Crippen LogP contribution in [0.3, 0.4) is 0 Å². The Morgan fingerprint density at radius 2 is 0.900 bits per heavy atom. The smallest absolute Gasteiger partial charge is 0.226 e. The molecular weight excluding hydrogens is 179 g/mol. The second kappa shape index (κ2) is 3.18. The van der Waals surface area contributed by atoms with Crippen LogP contribution in [0.1, 0.15) is 0 Å².